The monoisotopic (exact) mass is 198 g/mol. The van der Waals surface area contributed by atoms with Crippen LogP contribution in [0, 0.1) is 16.7 Å². The third kappa shape index (κ3) is 1.96. The lowest BCUT2D eigenvalue weighted by molar-refractivity contribution is 0.298. The minimum absolute atomic E-state index is 0.529. The van der Waals surface area contributed by atoms with Crippen LogP contribution in [0.15, 0.2) is 0 Å². The van der Waals surface area contributed by atoms with E-state index in [9.17, 15) is 0 Å². The van der Waals surface area contributed by atoms with Gasteiger partial charge < -0.3 is 10.2 Å². The third-order valence-electron chi connectivity index (χ3n) is 4.56. The molecule has 0 aromatic carbocycles. The van der Waals surface area contributed by atoms with E-state index in [1.807, 2.05) is 7.05 Å². The summed E-state index contributed by atoms with van der Waals surface area (Å²) in [4.78, 5) is 2.44. The van der Waals surface area contributed by atoms with Crippen molar-refractivity contribution in [1.82, 2.24) is 10.2 Å². The fourth-order valence-electron chi connectivity index (χ4n) is 2.50. The fourth-order valence-corrected chi connectivity index (χ4v) is 2.50. The van der Waals surface area contributed by atoms with Crippen LogP contribution in [0.4, 0.5) is 0 Å². The molecule has 0 heterocycles. The van der Waals surface area contributed by atoms with Gasteiger partial charge in [0.15, 0.2) is 0 Å². The van der Waals surface area contributed by atoms with Crippen LogP contribution in [0.2, 0.25) is 0 Å². The van der Waals surface area contributed by atoms with E-state index in [0.717, 1.165) is 19.0 Å². The van der Waals surface area contributed by atoms with Gasteiger partial charge in [-0.05, 0) is 30.8 Å². The van der Waals surface area contributed by atoms with Gasteiger partial charge in [-0.25, -0.2) is 0 Å². The summed E-state index contributed by atoms with van der Waals surface area (Å²) < 4.78 is 0. The predicted molar refractivity (Wildman–Crippen MR) is 62.5 cm³/mol. The summed E-state index contributed by atoms with van der Waals surface area (Å²) in [5, 5.41) is 3.19. The molecule has 0 radical (unpaired) electrons. The first-order valence-corrected chi connectivity index (χ1v) is 5.67. The van der Waals surface area contributed by atoms with E-state index in [-0.39, 0.29) is 0 Å². The Kier molecular flexibility index (Phi) is 3.27. The minimum atomic E-state index is 0.529. The molecular weight excluding hydrogens is 172 g/mol. The third-order valence-corrected chi connectivity index (χ3v) is 4.56. The molecule has 0 bridgehead atoms. The standard InChI is InChI=1S/C12H26N2/c1-11(2)10(12(11,3)4)9-14(6)8-7-13-5/h10,13H,7-9H2,1-6H3. The Morgan fingerprint density at radius 2 is 1.64 bits per heavy atom. The zero-order valence-corrected chi connectivity index (χ0v) is 10.6. The zero-order chi connectivity index (χ0) is 11.0. The van der Waals surface area contributed by atoms with E-state index >= 15 is 0 Å². The maximum Gasteiger partial charge on any atom is 0.0104 e. The first kappa shape index (κ1) is 12.0. The Balaban J connectivity index is 2.33. The van der Waals surface area contributed by atoms with E-state index in [1.165, 1.54) is 6.54 Å². The molecule has 0 atom stereocenters. The Labute approximate surface area is 89.1 Å². The molecule has 0 unspecified atom stereocenters. The minimum Gasteiger partial charge on any atom is -0.318 e. The molecule has 0 aliphatic heterocycles. The maximum atomic E-state index is 3.19. The van der Waals surface area contributed by atoms with Gasteiger partial charge in [-0.1, -0.05) is 27.7 Å². The maximum absolute atomic E-state index is 3.19. The van der Waals surface area contributed by atoms with Crippen molar-refractivity contribution in [2.45, 2.75) is 27.7 Å². The van der Waals surface area contributed by atoms with E-state index in [0.29, 0.717) is 10.8 Å². The number of nitrogens with one attached hydrogen (secondary N) is 1. The van der Waals surface area contributed by atoms with E-state index in [2.05, 4.69) is 45.0 Å². The number of likely N-dealkylation sites (N-methyl/N-ethyl adjacent to an activating group) is 2. The van der Waals surface area contributed by atoms with E-state index < -0.39 is 0 Å². The van der Waals surface area contributed by atoms with Crippen molar-refractivity contribution in [2.24, 2.45) is 16.7 Å². The van der Waals surface area contributed by atoms with Crippen LogP contribution in [-0.4, -0.2) is 38.6 Å². The molecule has 14 heavy (non-hydrogen) atoms. The summed E-state index contributed by atoms with van der Waals surface area (Å²) in [5.41, 5.74) is 1.06. The summed E-state index contributed by atoms with van der Waals surface area (Å²) in [5.74, 6) is 0.858. The van der Waals surface area contributed by atoms with Crippen LogP contribution < -0.4 is 5.32 Å². The first-order valence-electron chi connectivity index (χ1n) is 5.67. The molecule has 0 aromatic heterocycles. The highest BCUT2D eigenvalue weighted by Gasteiger charge is 2.64. The molecule has 1 fully saturated rings. The fraction of sp³-hybridized carbons (Fsp3) is 1.00. The van der Waals surface area contributed by atoms with Crippen molar-refractivity contribution in [2.75, 3.05) is 33.7 Å². The zero-order valence-electron chi connectivity index (χ0n) is 10.6. The highest BCUT2D eigenvalue weighted by atomic mass is 15.1. The van der Waals surface area contributed by atoms with Crippen molar-refractivity contribution >= 4 is 0 Å². The van der Waals surface area contributed by atoms with Gasteiger partial charge in [0.05, 0.1) is 0 Å². The predicted octanol–water partition coefficient (Wildman–Crippen LogP) is 1.82. The summed E-state index contributed by atoms with van der Waals surface area (Å²) in [6.45, 7) is 13.0. The Morgan fingerprint density at radius 1 is 1.14 bits per heavy atom. The van der Waals surface area contributed by atoms with Crippen molar-refractivity contribution in [3.63, 3.8) is 0 Å². The van der Waals surface area contributed by atoms with Gasteiger partial charge in [0.1, 0.15) is 0 Å². The molecule has 1 N–H and O–H groups in total. The normalized spacial score (nSPS) is 24.2. The largest absolute Gasteiger partial charge is 0.318 e. The lowest BCUT2D eigenvalue weighted by Gasteiger charge is -2.17. The molecule has 0 saturated heterocycles. The molecule has 1 rings (SSSR count). The lowest BCUT2D eigenvalue weighted by atomic mass is 10.0. The van der Waals surface area contributed by atoms with Gasteiger partial charge in [-0.3, -0.25) is 0 Å². The van der Waals surface area contributed by atoms with Crippen molar-refractivity contribution in [3.05, 3.63) is 0 Å². The van der Waals surface area contributed by atoms with Crippen molar-refractivity contribution in [3.8, 4) is 0 Å². The second kappa shape index (κ2) is 3.82. The highest BCUT2D eigenvalue weighted by molar-refractivity contribution is 5.12. The van der Waals surface area contributed by atoms with Gasteiger partial charge in [0.25, 0.3) is 0 Å². The molecule has 0 amide bonds. The SMILES string of the molecule is CNCCN(C)CC1C(C)(C)C1(C)C. The number of hydrogen-bond donors (Lipinski definition) is 1. The first-order chi connectivity index (χ1) is 6.34. The van der Waals surface area contributed by atoms with Gasteiger partial charge in [0, 0.05) is 19.6 Å². The average molecular weight is 198 g/mol. The van der Waals surface area contributed by atoms with Crippen molar-refractivity contribution < 1.29 is 0 Å². The van der Waals surface area contributed by atoms with Crippen LogP contribution in [0.25, 0.3) is 0 Å². The van der Waals surface area contributed by atoms with Crippen molar-refractivity contribution in [1.29, 1.82) is 0 Å². The molecule has 2 heteroatoms. The molecule has 1 aliphatic carbocycles. The molecule has 0 aromatic rings. The van der Waals surface area contributed by atoms with Crippen LogP contribution in [0.3, 0.4) is 0 Å². The van der Waals surface area contributed by atoms with Gasteiger partial charge in [0.2, 0.25) is 0 Å². The molecule has 2 nitrogen and oxygen atoms in total. The summed E-state index contributed by atoms with van der Waals surface area (Å²) >= 11 is 0. The molecule has 0 spiro atoms. The Hall–Kier alpha value is -0.0800. The summed E-state index contributed by atoms with van der Waals surface area (Å²) in [6, 6.07) is 0. The molecule has 1 saturated carbocycles. The smallest absolute Gasteiger partial charge is 0.0104 e. The van der Waals surface area contributed by atoms with Crippen LogP contribution in [0.5, 0.6) is 0 Å². The summed E-state index contributed by atoms with van der Waals surface area (Å²) in [6.07, 6.45) is 0. The van der Waals surface area contributed by atoms with Crippen LogP contribution in [0.1, 0.15) is 27.7 Å². The Bertz CT molecular complexity index is 182. The van der Waals surface area contributed by atoms with Gasteiger partial charge >= 0.3 is 0 Å². The van der Waals surface area contributed by atoms with Gasteiger partial charge in [-0.2, -0.15) is 0 Å². The van der Waals surface area contributed by atoms with Gasteiger partial charge in [-0.15, -0.1) is 0 Å². The Morgan fingerprint density at radius 3 is 2.00 bits per heavy atom. The second-order valence-electron chi connectivity index (χ2n) is 5.86. The number of hydrogen-bond acceptors (Lipinski definition) is 2. The average Bonchev–Trinajstić information content (AvgIpc) is 2.44. The molecule has 84 valence electrons. The second-order valence-corrected chi connectivity index (χ2v) is 5.86. The van der Waals surface area contributed by atoms with E-state index in [1.54, 1.807) is 0 Å². The number of nitrogens with zero attached hydrogens (tertiary/aromatic N) is 1. The van der Waals surface area contributed by atoms with Crippen LogP contribution in [-0.2, 0) is 0 Å². The lowest BCUT2D eigenvalue weighted by Crippen LogP contribution is -2.30. The quantitative estimate of drug-likeness (QED) is 0.725. The van der Waals surface area contributed by atoms with Crippen LogP contribution >= 0.6 is 0 Å². The number of rotatable bonds is 5. The topological polar surface area (TPSA) is 15.3 Å². The molecule has 1 aliphatic rings. The molecular formula is C12H26N2. The highest BCUT2D eigenvalue weighted by Crippen LogP contribution is 2.68. The van der Waals surface area contributed by atoms with E-state index in [4.69, 9.17) is 0 Å². The summed E-state index contributed by atoms with van der Waals surface area (Å²) in [7, 11) is 4.24.